The first-order valence-corrected chi connectivity index (χ1v) is 4.86. The van der Waals surface area contributed by atoms with E-state index in [9.17, 15) is 13.9 Å². The van der Waals surface area contributed by atoms with Crippen molar-refractivity contribution in [3.05, 3.63) is 35.4 Å². The molecule has 84 valence electrons. The predicted molar refractivity (Wildman–Crippen MR) is 52.4 cm³/mol. The van der Waals surface area contributed by atoms with Gasteiger partial charge in [0.25, 0.3) is 0 Å². The van der Waals surface area contributed by atoms with Gasteiger partial charge >= 0.3 is 0 Å². The molecule has 1 unspecified atom stereocenters. The summed E-state index contributed by atoms with van der Waals surface area (Å²) in [7, 11) is 0. The van der Waals surface area contributed by atoms with Gasteiger partial charge in [-0.15, -0.1) is 0 Å². The number of rotatable bonds is 5. The molecule has 0 bridgehead atoms. The maximum Gasteiger partial charge on any atom is 0.131 e. The summed E-state index contributed by atoms with van der Waals surface area (Å²) in [6.07, 6.45) is -0.969. The zero-order valence-electron chi connectivity index (χ0n) is 8.54. The van der Waals surface area contributed by atoms with Crippen molar-refractivity contribution < 1.29 is 18.6 Å². The summed E-state index contributed by atoms with van der Waals surface area (Å²) in [5.74, 6) is -1.45. The maximum atomic E-state index is 13.2. The second-order valence-electron chi connectivity index (χ2n) is 3.14. The number of benzene rings is 1. The molecule has 0 heterocycles. The van der Waals surface area contributed by atoms with Crippen LogP contribution in [0.3, 0.4) is 0 Å². The third-order valence-electron chi connectivity index (χ3n) is 2.07. The van der Waals surface area contributed by atoms with E-state index in [2.05, 4.69) is 0 Å². The Kier molecular flexibility index (Phi) is 4.65. The number of ether oxygens (including phenoxy) is 1. The van der Waals surface area contributed by atoms with E-state index in [0.717, 1.165) is 12.1 Å². The summed E-state index contributed by atoms with van der Waals surface area (Å²) in [5.41, 5.74) is -0.280. The maximum absolute atomic E-state index is 13.2. The van der Waals surface area contributed by atoms with Crippen LogP contribution in [-0.4, -0.2) is 18.3 Å². The zero-order valence-corrected chi connectivity index (χ0v) is 8.54. The first kappa shape index (κ1) is 12.1. The van der Waals surface area contributed by atoms with Crippen molar-refractivity contribution in [1.29, 1.82) is 0 Å². The second kappa shape index (κ2) is 5.78. The third kappa shape index (κ3) is 3.25. The van der Waals surface area contributed by atoms with Crippen LogP contribution < -0.4 is 0 Å². The lowest BCUT2D eigenvalue weighted by molar-refractivity contribution is 0.0849. The van der Waals surface area contributed by atoms with E-state index < -0.39 is 17.7 Å². The first-order chi connectivity index (χ1) is 7.16. The summed E-state index contributed by atoms with van der Waals surface area (Å²) in [6.45, 7) is 2.62. The predicted octanol–water partition coefficient (Wildman–Crippen LogP) is 2.42. The van der Waals surface area contributed by atoms with Gasteiger partial charge in [-0.2, -0.15) is 0 Å². The van der Waals surface area contributed by atoms with Gasteiger partial charge in [0.2, 0.25) is 0 Å². The van der Waals surface area contributed by atoms with Crippen molar-refractivity contribution in [3.63, 3.8) is 0 Å². The molecule has 1 aromatic rings. The number of aliphatic hydroxyl groups excluding tert-OH is 1. The van der Waals surface area contributed by atoms with Gasteiger partial charge < -0.3 is 9.84 Å². The van der Waals surface area contributed by atoms with E-state index in [-0.39, 0.29) is 18.6 Å². The molecule has 15 heavy (non-hydrogen) atoms. The third-order valence-corrected chi connectivity index (χ3v) is 2.07. The topological polar surface area (TPSA) is 29.5 Å². The van der Waals surface area contributed by atoms with E-state index >= 15 is 0 Å². The summed E-state index contributed by atoms with van der Waals surface area (Å²) in [4.78, 5) is 0. The molecule has 1 rings (SSSR count). The van der Waals surface area contributed by atoms with Crippen LogP contribution in [0, 0.1) is 11.6 Å². The monoisotopic (exact) mass is 216 g/mol. The molecule has 0 saturated heterocycles. The molecule has 4 heteroatoms. The zero-order chi connectivity index (χ0) is 11.3. The molecule has 0 aromatic heterocycles. The minimum Gasteiger partial charge on any atom is -0.388 e. The van der Waals surface area contributed by atoms with Crippen molar-refractivity contribution in [1.82, 2.24) is 0 Å². The Morgan fingerprint density at radius 3 is 2.47 bits per heavy atom. The fourth-order valence-electron chi connectivity index (χ4n) is 1.31. The van der Waals surface area contributed by atoms with Crippen LogP contribution in [-0.2, 0) is 4.74 Å². The molecule has 0 radical (unpaired) electrons. The fourth-order valence-corrected chi connectivity index (χ4v) is 1.31. The normalized spacial score (nSPS) is 12.8. The summed E-state index contributed by atoms with van der Waals surface area (Å²) < 4.78 is 31.3. The molecule has 0 aliphatic heterocycles. The molecule has 0 spiro atoms. The van der Waals surface area contributed by atoms with Crippen molar-refractivity contribution in [2.75, 3.05) is 13.2 Å². The van der Waals surface area contributed by atoms with Gasteiger partial charge in [0.05, 0.1) is 11.7 Å². The Bertz CT molecular complexity index is 295. The van der Waals surface area contributed by atoms with Crippen LogP contribution in [0.2, 0.25) is 0 Å². The number of hydrogen-bond donors (Lipinski definition) is 1. The summed E-state index contributed by atoms with van der Waals surface area (Å²) >= 11 is 0. The van der Waals surface area contributed by atoms with Crippen molar-refractivity contribution in [2.45, 2.75) is 19.4 Å². The molecule has 0 aliphatic carbocycles. The SMILES string of the molecule is CCOCCC(O)c1c(F)cccc1F. The minimum atomic E-state index is -1.15. The van der Waals surface area contributed by atoms with Crippen LogP contribution in [0.15, 0.2) is 18.2 Å². The highest BCUT2D eigenvalue weighted by atomic mass is 19.1. The lowest BCUT2D eigenvalue weighted by atomic mass is 10.1. The number of halogens is 2. The van der Waals surface area contributed by atoms with Gasteiger partial charge in [-0.3, -0.25) is 0 Å². The standard InChI is InChI=1S/C11H14F2O2/c1-2-15-7-6-10(14)11-8(12)4-3-5-9(11)13/h3-5,10,14H,2,6-7H2,1H3. The van der Waals surface area contributed by atoms with Crippen LogP contribution in [0.25, 0.3) is 0 Å². The van der Waals surface area contributed by atoms with Crippen LogP contribution in [0.4, 0.5) is 8.78 Å². The molecule has 1 aromatic carbocycles. The van der Waals surface area contributed by atoms with Gasteiger partial charge in [-0.25, -0.2) is 8.78 Å². The molecule has 0 amide bonds. The molecule has 1 N–H and O–H groups in total. The highest BCUT2D eigenvalue weighted by molar-refractivity contribution is 5.21. The number of hydrogen-bond acceptors (Lipinski definition) is 2. The molecule has 2 nitrogen and oxygen atoms in total. The molecule has 0 aliphatic rings. The Hall–Kier alpha value is -1.00. The highest BCUT2D eigenvalue weighted by Crippen LogP contribution is 2.22. The minimum absolute atomic E-state index is 0.186. The van der Waals surface area contributed by atoms with E-state index in [4.69, 9.17) is 4.74 Å². The van der Waals surface area contributed by atoms with Crippen LogP contribution in [0.5, 0.6) is 0 Å². The average molecular weight is 216 g/mol. The summed E-state index contributed by atoms with van der Waals surface area (Å²) in [5, 5.41) is 9.55. The smallest absolute Gasteiger partial charge is 0.131 e. The van der Waals surface area contributed by atoms with Gasteiger partial charge in [-0.1, -0.05) is 6.07 Å². The molecule has 0 saturated carbocycles. The average Bonchev–Trinajstić information content (AvgIpc) is 2.18. The lowest BCUT2D eigenvalue weighted by Gasteiger charge is -2.12. The molecule has 1 atom stereocenters. The quantitative estimate of drug-likeness (QED) is 0.766. The van der Waals surface area contributed by atoms with E-state index in [1.165, 1.54) is 6.07 Å². The van der Waals surface area contributed by atoms with E-state index in [1.807, 2.05) is 6.92 Å². The van der Waals surface area contributed by atoms with Gasteiger partial charge in [0.15, 0.2) is 0 Å². The van der Waals surface area contributed by atoms with E-state index in [1.54, 1.807) is 0 Å². The van der Waals surface area contributed by atoms with Gasteiger partial charge in [-0.05, 0) is 19.1 Å². The molecule has 0 fully saturated rings. The lowest BCUT2D eigenvalue weighted by Crippen LogP contribution is -2.07. The second-order valence-corrected chi connectivity index (χ2v) is 3.14. The molecular weight excluding hydrogens is 202 g/mol. The van der Waals surface area contributed by atoms with Crippen LogP contribution in [0.1, 0.15) is 25.0 Å². The van der Waals surface area contributed by atoms with Crippen molar-refractivity contribution >= 4 is 0 Å². The largest absolute Gasteiger partial charge is 0.388 e. The van der Waals surface area contributed by atoms with Crippen LogP contribution >= 0.6 is 0 Å². The van der Waals surface area contributed by atoms with Gasteiger partial charge in [0, 0.05) is 19.6 Å². The Labute approximate surface area is 87.5 Å². The number of aliphatic hydroxyl groups is 1. The van der Waals surface area contributed by atoms with E-state index in [0.29, 0.717) is 6.61 Å². The Morgan fingerprint density at radius 1 is 1.33 bits per heavy atom. The van der Waals surface area contributed by atoms with Crippen molar-refractivity contribution in [2.24, 2.45) is 0 Å². The Morgan fingerprint density at radius 2 is 1.93 bits per heavy atom. The fraction of sp³-hybridized carbons (Fsp3) is 0.455. The highest BCUT2D eigenvalue weighted by Gasteiger charge is 2.17. The molecular formula is C11H14F2O2. The summed E-state index contributed by atoms with van der Waals surface area (Å²) in [6, 6.07) is 3.52. The first-order valence-electron chi connectivity index (χ1n) is 4.86. The Balaban J connectivity index is 2.68. The van der Waals surface area contributed by atoms with Crippen molar-refractivity contribution in [3.8, 4) is 0 Å². The van der Waals surface area contributed by atoms with Gasteiger partial charge in [0.1, 0.15) is 11.6 Å².